The Morgan fingerprint density at radius 1 is 0.438 bits per heavy atom. The first-order chi connectivity index (χ1) is 35.7. The molecule has 0 spiro atoms. The number of benzene rings is 8. The van der Waals surface area contributed by atoms with Gasteiger partial charge in [-0.3, -0.25) is 0 Å². The van der Waals surface area contributed by atoms with Gasteiger partial charge in [0, 0.05) is 20.3 Å². The molecule has 1 aliphatic carbocycles. The van der Waals surface area contributed by atoms with Crippen molar-refractivity contribution < 1.29 is 44.2 Å². The SMILES string of the molecule is [2H]c1c([2H])c(-c2c([2H])c([2H])c3c(c2[2H])-c2c([2H])c([2H])c([2H])c([2H])c2C3(C)C([2H])([2H])[2H])c([2H])c(-c2c3c([2H])c([2H])c([2H])c([2H])c3c(-c3c([2H])c([2H])c4oc5c([2H])c([2H])c([2H])c([2H])c5c4c3[2H])c3c([2H])c([2H])c([2H])c([2H])c23)c1[2H]. The van der Waals surface area contributed by atoms with Crippen molar-refractivity contribution in [3.8, 4) is 44.5 Å². The van der Waals surface area contributed by atoms with Crippen LogP contribution in [0.25, 0.3) is 88.0 Å². The minimum absolute atomic E-state index is 0.444. The Balaban J connectivity index is 1.46. The molecule has 1 aromatic heterocycles. The molecule has 226 valence electrons. The highest BCUT2D eigenvalue weighted by Crippen LogP contribution is 2.50. The average Bonchev–Trinajstić information content (AvgIpc) is 4.04. The molecule has 1 unspecified atom stereocenters. The number of rotatable bonds is 3. The first kappa shape index (κ1) is 11.1. The first-order valence-electron chi connectivity index (χ1n) is 28.9. The minimum atomic E-state index is -3.22. The summed E-state index contributed by atoms with van der Waals surface area (Å²) in [6.07, 6.45) is 0. The van der Waals surface area contributed by atoms with Gasteiger partial charge in [0.05, 0.1) is 35.6 Å². The summed E-state index contributed by atoms with van der Waals surface area (Å²) in [5.74, 6) is 0. The standard InChI is InChI=1S/C47H32O/c1-47(2)41-20-9-7-14-33(41)39-27-30(22-24-42(39)47)29-12-11-13-31(26-29)45-35-16-3-5-18-37(35)46(38-19-6-4-17-36(38)45)32-23-25-44-40(28-32)34-15-8-10-21-43(34)48-44/h3-28H,1-2H3/i1D3,3D,4D,5D,6D,7D,8D,9D,10D,11D,12D,13D,14D,15D,16D,17D,18D,19D,20D,21D,22D,23D,24D,25D,26D,27D,28D. The van der Waals surface area contributed by atoms with E-state index < -0.39 is 268 Å². The summed E-state index contributed by atoms with van der Waals surface area (Å²) in [7, 11) is 0. The molecule has 0 radical (unpaired) electrons. The van der Waals surface area contributed by atoms with Crippen molar-refractivity contribution in [2.45, 2.75) is 19.2 Å². The van der Waals surface area contributed by atoms with E-state index in [-0.39, 0.29) is 0 Å². The van der Waals surface area contributed by atoms with Crippen LogP contribution in [0.1, 0.15) is 64.7 Å². The van der Waals surface area contributed by atoms with Crippen LogP contribution in [0.5, 0.6) is 0 Å². The Hall–Kier alpha value is -5.92. The summed E-state index contributed by atoms with van der Waals surface area (Å²) >= 11 is 0. The van der Waals surface area contributed by atoms with Crippen LogP contribution < -0.4 is 0 Å². The highest BCUT2D eigenvalue weighted by Gasteiger charge is 2.35. The zero-order valence-corrected chi connectivity index (χ0v) is 24.4. The normalized spacial score (nSPS) is 24.1. The lowest BCUT2D eigenvalue weighted by Gasteiger charge is -2.21. The predicted octanol–water partition coefficient (Wildman–Crippen LogP) is 13.2. The molecule has 0 N–H and O–H groups in total. The summed E-state index contributed by atoms with van der Waals surface area (Å²) < 4.78 is 268. The zero-order chi connectivity index (χ0) is 57.1. The van der Waals surface area contributed by atoms with Gasteiger partial charge in [-0.1, -0.05) is 141 Å². The highest BCUT2D eigenvalue weighted by molar-refractivity contribution is 6.22. The van der Waals surface area contributed by atoms with Crippen LogP contribution >= 0.6 is 0 Å². The Morgan fingerprint density at radius 3 is 1.71 bits per heavy atom. The quantitative estimate of drug-likeness (QED) is 0.175. The van der Waals surface area contributed by atoms with Crippen molar-refractivity contribution in [2.75, 3.05) is 0 Å². The third kappa shape index (κ3) is 3.85. The summed E-state index contributed by atoms with van der Waals surface area (Å²) in [6, 6.07) is -24.7. The van der Waals surface area contributed by atoms with Gasteiger partial charge in [-0.25, -0.2) is 0 Å². The topological polar surface area (TPSA) is 13.1 Å². The molecule has 0 aliphatic heterocycles. The Morgan fingerprint density at radius 2 is 0.979 bits per heavy atom. The molecule has 1 aliphatic rings. The van der Waals surface area contributed by atoms with Crippen molar-refractivity contribution in [1.82, 2.24) is 0 Å². The van der Waals surface area contributed by atoms with E-state index in [0.29, 0.717) is 0 Å². The van der Waals surface area contributed by atoms with E-state index in [1.807, 2.05) is 0 Å². The van der Waals surface area contributed by atoms with Gasteiger partial charge >= 0.3 is 0 Å². The second-order valence-electron chi connectivity index (χ2n) is 11.1. The van der Waals surface area contributed by atoms with E-state index in [0.717, 1.165) is 6.92 Å². The van der Waals surface area contributed by atoms with Crippen LogP contribution in [0, 0.1) is 0 Å². The van der Waals surface area contributed by atoms with Gasteiger partial charge in [-0.05, 0) is 107 Å². The number of hydrogen-bond acceptors (Lipinski definition) is 1. The van der Waals surface area contributed by atoms with E-state index in [9.17, 15) is 17.8 Å². The van der Waals surface area contributed by atoms with Gasteiger partial charge in [-0.15, -0.1) is 0 Å². The summed E-state index contributed by atoms with van der Waals surface area (Å²) in [5.41, 5.74) is -10.9. The lowest BCUT2D eigenvalue weighted by Crippen LogP contribution is -2.14. The molecule has 0 saturated carbocycles. The van der Waals surface area contributed by atoms with Crippen molar-refractivity contribution in [2.24, 2.45) is 0 Å². The molecule has 0 bridgehead atoms. The molecule has 9 aromatic rings. The molecule has 1 heteroatoms. The van der Waals surface area contributed by atoms with Crippen LogP contribution in [0.15, 0.2) is 162 Å². The van der Waals surface area contributed by atoms with E-state index >= 15 is 0 Å². The molecule has 1 nitrogen and oxygen atoms in total. The van der Waals surface area contributed by atoms with Gasteiger partial charge in [0.2, 0.25) is 0 Å². The molecule has 0 fully saturated rings. The van der Waals surface area contributed by atoms with E-state index in [2.05, 4.69) is 0 Å². The predicted molar refractivity (Wildman–Crippen MR) is 203 cm³/mol. The van der Waals surface area contributed by atoms with Crippen molar-refractivity contribution in [1.29, 1.82) is 0 Å². The largest absolute Gasteiger partial charge is 0.456 e. The summed E-state index contributed by atoms with van der Waals surface area (Å²) in [4.78, 5) is 0. The number of furan rings is 1. The Bertz CT molecular complexity index is 4260. The molecule has 8 aromatic carbocycles. The molecule has 1 atom stereocenters. The van der Waals surface area contributed by atoms with Crippen molar-refractivity contribution >= 4 is 43.5 Å². The second kappa shape index (κ2) is 10.0. The van der Waals surface area contributed by atoms with E-state index in [4.69, 9.17) is 26.3 Å². The summed E-state index contributed by atoms with van der Waals surface area (Å²) in [5, 5.41) is -4.04. The maximum absolute atomic E-state index is 9.94. The van der Waals surface area contributed by atoms with Crippen molar-refractivity contribution in [3.63, 3.8) is 0 Å². The molecule has 10 rings (SSSR count). The second-order valence-corrected chi connectivity index (χ2v) is 11.1. The number of hydrogen-bond donors (Lipinski definition) is 0. The lowest BCUT2D eigenvalue weighted by atomic mass is 9.82. The lowest BCUT2D eigenvalue weighted by molar-refractivity contribution is 0.660. The number of para-hydroxylation sites is 1. The fourth-order valence-corrected chi connectivity index (χ4v) is 6.24. The molecular formula is C47H32O. The maximum Gasteiger partial charge on any atom is 0.135 e. The molecular weight excluding hydrogens is 581 g/mol. The van der Waals surface area contributed by atoms with Crippen LogP contribution in [0.3, 0.4) is 0 Å². The fourth-order valence-electron chi connectivity index (χ4n) is 6.24. The molecule has 1 heterocycles. The van der Waals surface area contributed by atoms with Crippen LogP contribution in [-0.2, 0) is 5.41 Å². The Labute approximate surface area is 320 Å². The highest BCUT2D eigenvalue weighted by atomic mass is 16.3. The fraction of sp³-hybridized carbons (Fsp3) is 0.0638. The zero-order valence-electron chi connectivity index (χ0n) is 53.4. The van der Waals surface area contributed by atoms with E-state index in [1.165, 1.54) is 0 Å². The average molecular weight is 642 g/mol. The van der Waals surface area contributed by atoms with E-state index in [1.54, 1.807) is 0 Å². The maximum atomic E-state index is 9.94. The number of fused-ring (bicyclic) bond motifs is 8. The third-order valence-corrected chi connectivity index (χ3v) is 8.39. The van der Waals surface area contributed by atoms with Gasteiger partial charge in [-0.2, -0.15) is 0 Å². The Kier molecular flexibility index (Phi) is 2.32. The van der Waals surface area contributed by atoms with Crippen LogP contribution in [-0.4, -0.2) is 0 Å². The van der Waals surface area contributed by atoms with Gasteiger partial charge in [0.25, 0.3) is 0 Å². The van der Waals surface area contributed by atoms with Crippen LogP contribution in [0.2, 0.25) is 0 Å². The summed E-state index contributed by atoms with van der Waals surface area (Å²) in [6.45, 7) is -2.16. The van der Waals surface area contributed by atoms with Gasteiger partial charge in [0.1, 0.15) is 11.2 Å². The van der Waals surface area contributed by atoms with Gasteiger partial charge in [0.15, 0.2) is 0 Å². The monoisotopic (exact) mass is 641 g/mol. The first-order valence-corrected chi connectivity index (χ1v) is 14.4. The molecule has 0 amide bonds. The smallest absolute Gasteiger partial charge is 0.135 e. The van der Waals surface area contributed by atoms with Crippen molar-refractivity contribution in [3.05, 3.63) is 168 Å². The minimum Gasteiger partial charge on any atom is -0.456 e. The van der Waals surface area contributed by atoms with Gasteiger partial charge < -0.3 is 4.42 Å². The molecule has 48 heavy (non-hydrogen) atoms. The third-order valence-electron chi connectivity index (χ3n) is 8.39. The molecule has 0 saturated heterocycles. The van der Waals surface area contributed by atoms with Crippen LogP contribution in [0.4, 0.5) is 0 Å².